The lowest BCUT2D eigenvalue weighted by molar-refractivity contribution is 0.0723. The number of aromatic nitrogens is 2. The summed E-state index contributed by atoms with van der Waals surface area (Å²) in [5.74, 6) is -1.77. The molecule has 0 unspecified atom stereocenters. The van der Waals surface area contributed by atoms with E-state index in [4.69, 9.17) is 46.4 Å². The number of rotatable bonds is 11. The van der Waals surface area contributed by atoms with Gasteiger partial charge < -0.3 is 9.80 Å². The van der Waals surface area contributed by atoms with Gasteiger partial charge in [0.25, 0.3) is 11.8 Å². The molecule has 0 atom stereocenters. The van der Waals surface area contributed by atoms with Crippen molar-refractivity contribution in [3.8, 4) is 11.3 Å². The summed E-state index contributed by atoms with van der Waals surface area (Å²) in [5.41, 5.74) is 4.09. The molecule has 0 aliphatic rings. The molecule has 6 nitrogen and oxygen atoms in total. The first-order chi connectivity index (χ1) is 25.5. The monoisotopic (exact) mass is 852 g/mol. The van der Waals surface area contributed by atoms with Crippen LogP contribution in [0.15, 0.2) is 120 Å². The second kappa shape index (κ2) is 17.2. The first kappa shape index (κ1) is 38.3. The number of carbonyl (C=O) groups excluding carboxylic acids is 2. The van der Waals surface area contributed by atoms with Crippen LogP contribution in [0.25, 0.3) is 11.3 Å². The van der Waals surface area contributed by atoms with Gasteiger partial charge in [0.2, 0.25) is 0 Å². The fourth-order valence-electron chi connectivity index (χ4n) is 5.63. The van der Waals surface area contributed by atoms with Crippen molar-refractivity contribution in [2.75, 3.05) is 0 Å². The van der Waals surface area contributed by atoms with Gasteiger partial charge in [-0.15, -0.1) is 0 Å². The van der Waals surface area contributed by atoms with Crippen LogP contribution in [0.3, 0.4) is 0 Å². The van der Waals surface area contributed by atoms with Crippen molar-refractivity contribution in [2.45, 2.75) is 26.2 Å². The number of hydrogen-bond acceptors (Lipinski definition) is 4. The third-order valence-electron chi connectivity index (χ3n) is 8.27. The maximum absolute atomic E-state index is 14.1. The topological polar surface area (TPSA) is 66.4 Å². The summed E-state index contributed by atoms with van der Waals surface area (Å²) in [6, 6.07) is 25.2. The van der Waals surface area contributed by atoms with Crippen LogP contribution in [0.5, 0.6) is 0 Å². The molecule has 2 amide bonds. The molecule has 0 radical (unpaired) electrons. The van der Waals surface area contributed by atoms with Crippen LogP contribution in [-0.2, 0) is 26.2 Å². The van der Waals surface area contributed by atoms with Crippen molar-refractivity contribution in [3.63, 3.8) is 0 Å². The van der Waals surface area contributed by atoms with Crippen molar-refractivity contribution in [2.24, 2.45) is 0 Å². The molecule has 0 saturated carbocycles. The quantitative estimate of drug-likeness (QED) is 0.130. The Bertz CT molecular complexity index is 2300. The zero-order valence-electron chi connectivity index (χ0n) is 27.5. The first-order valence-corrected chi connectivity index (χ1v) is 18.3. The fraction of sp³-hybridized carbons (Fsp3) is 0.100. The zero-order valence-corrected chi connectivity index (χ0v) is 32.2. The number of halogens is 7. The van der Waals surface area contributed by atoms with Crippen LogP contribution >= 0.6 is 62.3 Å². The highest BCUT2D eigenvalue weighted by molar-refractivity contribution is 9.10. The fourth-order valence-corrected chi connectivity index (χ4v) is 7.10. The normalized spacial score (nSPS) is 11.0. The third-order valence-corrected chi connectivity index (χ3v) is 10.2. The molecule has 268 valence electrons. The minimum absolute atomic E-state index is 0.0785. The van der Waals surface area contributed by atoms with Crippen LogP contribution in [0.4, 0.5) is 8.78 Å². The predicted octanol–water partition coefficient (Wildman–Crippen LogP) is 11.5. The number of carbonyl (C=O) groups is 2. The summed E-state index contributed by atoms with van der Waals surface area (Å²) >= 11 is 29.4. The van der Waals surface area contributed by atoms with E-state index in [1.54, 1.807) is 83.0 Å². The summed E-state index contributed by atoms with van der Waals surface area (Å²) in [7, 11) is 0. The van der Waals surface area contributed by atoms with E-state index in [1.165, 1.54) is 36.4 Å². The maximum Gasteiger partial charge on any atom is 0.254 e. The molecule has 0 bridgehead atoms. The van der Waals surface area contributed by atoms with Crippen molar-refractivity contribution in [1.29, 1.82) is 0 Å². The van der Waals surface area contributed by atoms with Gasteiger partial charge in [-0.25, -0.2) is 8.78 Å². The second-order valence-corrected chi connectivity index (χ2v) is 14.5. The summed E-state index contributed by atoms with van der Waals surface area (Å²) in [5, 5.41) is 1.48. The smallest absolute Gasteiger partial charge is 0.254 e. The molecule has 0 spiro atoms. The molecule has 6 rings (SSSR count). The van der Waals surface area contributed by atoms with Crippen LogP contribution in [0.1, 0.15) is 43.0 Å². The van der Waals surface area contributed by atoms with E-state index in [9.17, 15) is 18.4 Å². The summed E-state index contributed by atoms with van der Waals surface area (Å²) < 4.78 is 28.3. The largest absolute Gasteiger partial charge is 0.330 e. The molecule has 0 fully saturated rings. The molecule has 53 heavy (non-hydrogen) atoms. The zero-order chi connectivity index (χ0) is 37.6. The molecule has 2 aromatic heterocycles. The minimum Gasteiger partial charge on any atom is -0.330 e. The highest BCUT2D eigenvalue weighted by Gasteiger charge is 2.23. The lowest BCUT2D eigenvalue weighted by Crippen LogP contribution is -2.30. The summed E-state index contributed by atoms with van der Waals surface area (Å²) in [4.78, 5) is 39.4. The number of pyridine rings is 2. The van der Waals surface area contributed by atoms with Gasteiger partial charge in [0, 0.05) is 71.5 Å². The van der Waals surface area contributed by atoms with Crippen LogP contribution in [-0.4, -0.2) is 31.6 Å². The Hall–Kier alpha value is -4.38. The van der Waals surface area contributed by atoms with E-state index in [2.05, 4.69) is 25.9 Å². The van der Waals surface area contributed by atoms with E-state index in [0.29, 0.717) is 43.0 Å². The summed E-state index contributed by atoms with van der Waals surface area (Å²) in [6.07, 6.45) is 4.91. The Morgan fingerprint density at radius 3 is 2.00 bits per heavy atom. The Kier molecular flexibility index (Phi) is 12.4. The molecule has 0 aliphatic heterocycles. The summed E-state index contributed by atoms with van der Waals surface area (Å²) in [6.45, 7) is 0.535. The standard InChI is InChI=1S/C40H27BrCl4F2N4O2/c41-32-16-27(9-12-35(32)47)40(53)50(22-28-7-10-30(42)17-34(28)44)21-25-6-13-36(49-19-25)37-33(43)11-8-29(38(37)45)23-51(20-24-3-2-14-48-18-24)39(52)26-4-1-5-31(46)15-26/h1-19H,20-23H2. The van der Waals surface area contributed by atoms with Crippen molar-refractivity contribution >= 4 is 74.1 Å². The van der Waals surface area contributed by atoms with Gasteiger partial charge in [0.05, 0.1) is 20.2 Å². The van der Waals surface area contributed by atoms with Crippen LogP contribution in [0, 0.1) is 11.6 Å². The van der Waals surface area contributed by atoms with Gasteiger partial charge in [0.1, 0.15) is 11.6 Å². The molecular weight excluding hydrogens is 828 g/mol. The van der Waals surface area contributed by atoms with Crippen molar-refractivity contribution < 1.29 is 18.4 Å². The maximum atomic E-state index is 14.1. The van der Waals surface area contributed by atoms with Crippen LogP contribution in [0.2, 0.25) is 20.1 Å². The number of amides is 2. The molecular formula is C40H27BrCl4F2N4O2. The van der Waals surface area contributed by atoms with E-state index in [1.807, 2.05) is 6.07 Å². The number of nitrogens with zero attached hydrogens (tertiary/aromatic N) is 4. The Labute approximate surface area is 333 Å². The third kappa shape index (κ3) is 9.41. The lowest BCUT2D eigenvalue weighted by Gasteiger charge is -2.25. The molecule has 2 heterocycles. The first-order valence-electron chi connectivity index (χ1n) is 16.0. The van der Waals surface area contributed by atoms with Gasteiger partial charge in [-0.2, -0.15) is 0 Å². The second-order valence-electron chi connectivity index (χ2n) is 12.0. The average molecular weight is 855 g/mol. The van der Waals surface area contributed by atoms with Gasteiger partial charge in [0.15, 0.2) is 0 Å². The van der Waals surface area contributed by atoms with Crippen molar-refractivity contribution in [1.82, 2.24) is 19.8 Å². The Morgan fingerprint density at radius 2 is 1.36 bits per heavy atom. The minimum atomic E-state index is -0.525. The predicted molar refractivity (Wildman–Crippen MR) is 208 cm³/mol. The molecule has 0 saturated heterocycles. The van der Waals surface area contributed by atoms with Crippen molar-refractivity contribution in [3.05, 3.63) is 185 Å². The Balaban J connectivity index is 1.28. The lowest BCUT2D eigenvalue weighted by atomic mass is 10.0. The molecule has 6 aromatic rings. The van der Waals surface area contributed by atoms with E-state index in [-0.39, 0.29) is 52.7 Å². The van der Waals surface area contributed by atoms with Gasteiger partial charge in [-0.1, -0.05) is 76.7 Å². The van der Waals surface area contributed by atoms with Crippen LogP contribution < -0.4 is 0 Å². The number of benzene rings is 4. The van der Waals surface area contributed by atoms with Gasteiger partial charge in [-0.3, -0.25) is 19.6 Å². The number of hydrogen-bond donors (Lipinski definition) is 0. The highest BCUT2D eigenvalue weighted by Crippen LogP contribution is 2.37. The molecule has 4 aromatic carbocycles. The van der Waals surface area contributed by atoms with Gasteiger partial charge in [-0.05, 0) is 105 Å². The molecule has 0 aliphatic carbocycles. The van der Waals surface area contributed by atoms with E-state index in [0.717, 1.165) is 5.56 Å². The van der Waals surface area contributed by atoms with Gasteiger partial charge >= 0.3 is 0 Å². The molecule has 13 heteroatoms. The van der Waals surface area contributed by atoms with E-state index < -0.39 is 17.5 Å². The highest BCUT2D eigenvalue weighted by atomic mass is 79.9. The SMILES string of the molecule is O=C(c1ccc(F)c(Br)c1)N(Cc1ccc(-c2c(Cl)ccc(CN(Cc3cccnc3)C(=O)c3cccc(F)c3)c2Cl)nc1)Cc1ccc(Cl)cc1Cl. The Morgan fingerprint density at radius 1 is 0.660 bits per heavy atom. The molecule has 0 N–H and O–H groups in total. The average Bonchev–Trinajstić information content (AvgIpc) is 3.14. The van der Waals surface area contributed by atoms with E-state index >= 15 is 0 Å².